The van der Waals surface area contributed by atoms with Crippen LogP contribution in [-0.4, -0.2) is 0 Å². The molecule has 2 aromatic carbocycles. The molecule has 100 valence electrons. The Balaban J connectivity index is 2.07. The molecule has 0 aromatic heterocycles. The highest BCUT2D eigenvalue weighted by atomic mass is 35.5. The minimum Gasteiger partial charge on any atom is -0.306 e. The van der Waals surface area contributed by atoms with Gasteiger partial charge in [0.05, 0.1) is 5.02 Å². The van der Waals surface area contributed by atoms with Crippen LogP contribution in [-0.2, 0) is 6.54 Å². The summed E-state index contributed by atoms with van der Waals surface area (Å²) in [6.07, 6.45) is 0. The van der Waals surface area contributed by atoms with Gasteiger partial charge in [0, 0.05) is 23.2 Å². The lowest BCUT2D eigenvalue weighted by Gasteiger charge is -2.16. The van der Waals surface area contributed by atoms with Crippen LogP contribution in [0, 0.1) is 5.82 Å². The highest BCUT2D eigenvalue weighted by Crippen LogP contribution is 2.23. The zero-order valence-corrected chi connectivity index (χ0v) is 12.0. The molecule has 1 unspecified atom stereocenters. The van der Waals surface area contributed by atoms with Crippen LogP contribution in [0.3, 0.4) is 0 Å². The van der Waals surface area contributed by atoms with Crippen molar-refractivity contribution in [1.82, 2.24) is 5.32 Å². The number of benzene rings is 2. The molecule has 2 aromatic rings. The maximum Gasteiger partial charge on any atom is 0.146 e. The molecule has 2 rings (SSSR count). The van der Waals surface area contributed by atoms with Crippen LogP contribution in [0.15, 0.2) is 42.5 Å². The van der Waals surface area contributed by atoms with Crippen molar-refractivity contribution in [2.45, 2.75) is 19.5 Å². The molecule has 0 aliphatic heterocycles. The summed E-state index contributed by atoms with van der Waals surface area (Å²) < 4.78 is 13.7. The summed E-state index contributed by atoms with van der Waals surface area (Å²) >= 11 is 11.9. The van der Waals surface area contributed by atoms with Crippen LogP contribution in [0.1, 0.15) is 24.1 Å². The molecule has 19 heavy (non-hydrogen) atoms. The zero-order valence-electron chi connectivity index (χ0n) is 10.5. The molecule has 0 fully saturated rings. The largest absolute Gasteiger partial charge is 0.306 e. The second-order valence-corrected chi connectivity index (χ2v) is 5.15. The SMILES string of the molecule is CC(NCc1cccc(Cl)c1F)c1ccccc1Cl. The minimum absolute atomic E-state index is 0.0343. The monoisotopic (exact) mass is 297 g/mol. The zero-order chi connectivity index (χ0) is 13.8. The van der Waals surface area contributed by atoms with Gasteiger partial charge in [0.15, 0.2) is 0 Å². The molecule has 0 amide bonds. The maximum absolute atomic E-state index is 13.7. The van der Waals surface area contributed by atoms with Crippen molar-refractivity contribution in [2.24, 2.45) is 0 Å². The van der Waals surface area contributed by atoms with Gasteiger partial charge in [-0.1, -0.05) is 53.5 Å². The Morgan fingerprint density at radius 2 is 1.74 bits per heavy atom. The Morgan fingerprint density at radius 3 is 2.47 bits per heavy atom. The van der Waals surface area contributed by atoms with E-state index < -0.39 is 0 Å². The molecule has 1 N–H and O–H groups in total. The van der Waals surface area contributed by atoms with Crippen LogP contribution < -0.4 is 5.32 Å². The Morgan fingerprint density at radius 1 is 1.05 bits per heavy atom. The number of hydrogen-bond donors (Lipinski definition) is 1. The van der Waals surface area contributed by atoms with Gasteiger partial charge >= 0.3 is 0 Å². The van der Waals surface area contributed by atoms with Crippen LogP contribution in [0.2, 0.25) is 10.0 Å². The third-order valence-electron chi connectivity index (χ3n) is 3.00. The molecule has 0 bridgehead atoms. The van der Waals surface area contributed by atoms with E-state index in [-0.39, 0.29) is 16.9 Å². The molecular weight excluding hydrogens is 284 g/mol. The summed E-state index contributed by atoms with van der Waals surface area (Å²) in [7, 11) is 0. The van der Waals surface area contributed by atoms with Crippen molar-refractivity contribution in [3.8, 4) is 0 Å². The smallest absolute Gasteiger partial charge is 0.146 e. The number of hydrogen-bond acceptors (Lipinski definition) is 1. The molecule has 0 aliphatic rings. The highest BCUT2D eigenvalue weighted by molar-refractivity contribution is 6.31. The fourth-order valence-electron chi connectivity index (χ4n) is 1.88. The molecule has 1 nitrogen and oxygen atoms in total. The number of nitrogens with one attached hydrogen (secondary N) is 1. The van der Waals surface area contributed by atoms with E-state index in [2.05, 4.69) is 5.32 Å². The van der Waals surface area contributed by atoms with Crippen molar-refractivity contribution < 1.29 is 4.39 Å². The fraction of sp³-hybridized carbons (Fsp3) is 0.200. The van der Waals surface area contributed by atoms with Crippen molar-refractivity contribution in [2.75, 3.05) is 0 Å². The van der Waals surface area contributed by atoms with Crippen LogP contribution >= 0.6 is 23.2 Å². The van der Waals surface area contributed by atoms with Crippen molar-refractivity contribution in [3.63, 3.8) is 0 Å². The summed E-state index contributed by atoms with van der Waals surface area (Å²) in [5.74, 6) is -0.372. The van der Waals surface area contributed by atoms with E-state index in [0.717, 1.165) is 5.56 Å². The van der Waals surface area contributed by atoms with Gasteiger partial charge in [0.25, 0.3) is 0 Å². The van der Waals surface area contributed by atoms with E-state index in [1.54, 1.807) is 12.1 Å². The third kappa shape index (κ3) is 3.47. The topological polar surface area (TPSA) is 12.0 Å². The first-order chi connectivity index (χ1) is 9.09. The van der Waals surface area contributed by atoms with Crippen LogP contribution in [0.25, 0.3) is 0 Å². The fourth-order valence-corrected chi connectivity index (χ4v) is 2.38. The Kier molecular flexibility index (Phi) is 4.81. The minimum atomic E-state index is -0.372. The van der Waals surface area contributed by atoms with E-state index in [1.807, 2.05) is 31.2 Å². The van der Waals surface area contributed by atoms with Crippen molar-refractivity contribution in [3.05, 3.63) is 69.5 Å². The average molecular weight is 298 g/mol. The Bertz CT molecular complexity index is 572. The summed E-state index contributed by atoms with van der Waals surface area (Å²) in [6.45, 7) is 2.39. The van der Waals surface area contributed by atoms with Gasteiger partial charge < -0.3 is 5.32 Å². The van der Waals surface area contributed by atoms with E-state index in [4.69, 9.17) is 23.2 Å². The first kappa shape index (κ1) is 14.3. The van der Waals surface area contributed by atoms with Crippen LogP contribution in [0.5, 0.6) is 0 Å². The Labute approximate surface area is 122 Å². The first-order valence-corrected chi connectivity index (χ1v) is 6.76. The van der Waals surface area contributed by atoms with Crippen LogP contribution in [0.4, 0.5) is 4.39 Å². The second-order valence-electron chi connectivity index (χ2n) is 4.34. The molecule has 0 saturated heterocycles. The lowest BCUT2D eigenvalue weighted by atomic mass is 10.1. The van der Waals surface area contributed by atoms with E-state index in [9.17, 15) is 4.39 Å². The van der Waals surface area contributed by atoms with Gasteiger partial charge in [-0.15, -0.1) is 0 Å². The maximum atomic E-state index is 13.7. The molecule has 1 atom stereocenters. The Hall–Kier alpha value is -1.09. The predicted octanol–water partition coefficient (Wildman–Crippen LogP) is 4.98. The quantitative estimate of drug-likeness (QED) is 0.839. The van der Waals surface area contributed by atoms with E-state index in [1.165, 1.54) is 6.07 Å². The number of halogens is 3. The van der Waals surface area contributed by atoms with Gasteiger partial charge in [-0.05, 0) is 24.6 Å². The predicted molar refractivity (Wildman–Crippen MR) is 78.1 cm³/mol. The molecule has 0 saturated carbocycles. The standard InChI is InChI=1S/C15H14Cl2FN/c1-10(12-6-2-3-7-13(12)16)19-9-11-5-4-8-14(17)15(11)18/h2-8,10,19H,9H2,1H3. The lowest BCUT2D eigenvalue weighted by molar-refractivity contribution is 0.544. The van der Waals surface area contributed by atoms with Crippen molar-refractivity contribution >= 4 is 23.2 Å². The van der Waals surface area contributed by atoms with Gasteiger partial charge in [-0.25, -0.2) is 4.39 Å². The first-order valence-electron chi connectivity index (χ1n) is 6.00. The molecule has 0 heterocycles. The second kappa shape index (κ2) is 6.38. The third-order valence-corrected chi connectivity index (χ3v) is 3.64. The summed E-state index contributed by atoms with van der Waals surface area (Å²) in [5, 5.41) is 4.09. The normalized spacial score (nSPS) is 12.4. The summed E-state index contributed by atoms with van der Waals surface area (Å²) in [6, 6.07) is 12.6. The number of rotatable bonds is 4. The van der Waals surface area contributed by atoms with Crippen molar-refractivity contribution in [1.29, 1.82) is 0 Å². The summed E-state index contributed by atoms with van der Waals surface area (Å²) in [4.78, 5) is 0. The van der Waals surface area contributed by atoms with Gasteiger partial charge in [-0.2, -0.15) is 0 Å². The molecular formula is C15H14Cl2FN. The average Bonchev–Trinajstić information content (AvgIpc) is 2.40. The van der Waals surface area contributed by atoms with E-state index >= 15 is 0 Å². The van der Waals surface area contributed by atoms with Gasteiger partial charge in [-0.3, -0.25) is 0 Å². The molecule has 0 spiro atoms. The molecule has 4 heteroatoms. The van der Waals surface area contributed by atoms with Gasteiger partial charge in [0.2, 0.25) is 0 Å². The molecule has 0 aliphatic carbocycles. The van der Waals surface area contributed by atoms with Gasteiger partial charge in [0.1, 0.15) is 5.82 Å². The summed E-state index contributed by atoms with van der Waals surface area (Å²) in [5.41, 5.74) is 1.54. The molecule has 0 radical (unpaired) electrons. The van der Waals surface area contributed by atoms with E-state index in [0.29, 0.717) is 17.1 Å². The highest BCUT2D eigenvalue weighted by Gasteiger charge is 2.11. The lowest BCUT2D eigenvalue weighted by Crippen LogP contribution is -2.19.